The number of carbonyl (C=O) groups is 2. The largest absolute Gasteiger partial charge is 0.372 e. The van der Waals surface area contributed by atoms with E-state index >= 15 is 0 Å². The monoisotopic (exact) mass is 360 g/mol. The van der Waals surface area contributed by atoms with Crippen LogP contribution in [0, 0.1) is 5.92 Å². The summed E-state index contributed by atoms with van der Waals surface area (Å²) in [6.07, 6.45) is 3.18. The summed E-state index contributed by atoms with van der Waals surface area (Å²) in [7, 11) is 3.98. The normalized spacial score (nSPS) is 15.2. The standard InChI is InChI=1S/C20H32N4O2/c1-16-9-13-24(14-10-16)18-7-5-17(6-8-18)22-20(26)15-19(25)21-11-4-12-23(2)3/h5-8,16H,4,9-15H2,1-3H3,(H,21,25)(H,22,26). The summed E-state index contributed by atoms with van der Waals surface area (Å²) in [4.78, 5) is 28.2. The molecule has 0 unspecified atom stereocenters. The van der Waals surface area contributed by atoms with Gasteiger partial charge in [-0.25, -0.2) is 0 Å². The molecule has 144 valence electrons. The van der Waals surface area contributed by atoms with Gasteiger partial charge in [-0.3, -0.25) is 9.59 Å². The zero-order valence-electron chi connectivity index (χ0n) is 16.3. The maximum atomic E-state index is 12.0. The Morgan fingerprint density at radius 1 is 1.12 bits per heavy atom. The van der Waals surface area contributed by atoms with Gasteiger partial charge in [-0.1, -0.05) is 6.92 Å². The zero-order valence-corrected chi connectivity index (χ0v) is 16.3. The highest BCUT2D eigenvalue weighted by Gasteiger charge is 2.16. The first kappa shape index (κ1) is 20.2. The van der Waals surface area contributed by atoms with Gasteiger partial charge < -0.3 is 20.4 Å². The van der Waals surface area contributed by atoms with E-state index in [0.717, 1.165) is 37.7 Å². The molecule has 2 N–H and O–H groups in total. The van der Waals surface area contributed by atoms with Crippen LogP contribution >= 0.6 is 0 Å². The van der Waals surface area contributed by atoms with Crippen molar-refractivity contribution in [3.05, 3.63) is 24.3 Å². The molecule has 0 atom stereocenters. The molecule has 0 aromatic heterocycles. The van der Waals surface area contributed by atoms with Crippen LogP contribution in [0.15, 0.2) is 24.3 Å². The molecule has 0 aliphatic carbocycles. The van der Waals surface area contributed by atoms with E-state index in [1.54, 1.807) is 0 Å². The van der Waals surface area contributed by atoms with Crippen LogP contribution in [-0.2, 0) is 9.59 Å². The highest BCUT2D eigenvalue weighted by atomic mass is 16.2. The molecule has 0 saturated carbocycles. The van der Waals surface area contributed by atoms with Crippen molar-refractivity contribution in [2.75, 3.05) is 50.5 Å². The van der Waals surface area contributed by atoms with Crippen molar-refractivity contribution in [2.24, 2.45) is 5.92 Å². The Morgan fingerprint density at radius 3 is 2.38 bits per heavy atom. The fourth-order valence-corrected chi connectivity index (χ4v) is 3.06. The van der Waals surface area contributed by atoms with Gasteiger partial charge in [-0.15, -0.1) is 0 Å². The Bertz CT molecular complexity index is 578. The van der Waals surface area contributed by atoms with E-state index in [2.05, 4.69) is 27.4 Å². The molecule has 2 rings (SSSR count). The van der Waals surface area contributed by atoms with E-state index in [4.69, 9.17) is 0 Å². The molecule has 1 aromatic carbocycles. The lowest BCUT2D eigenvalue weighted by atomic mass is 9.99. The Balaban J connectivity index is 1.72. The third-order valence-electron chi connectivity index (χ3n) is 4.73. The molecule has 26 heavy (non-hydrogen) atoms. The predicted molar refractivity (Wildman–Crippen MR) is 106 cm³/mol. The molecule has 1 fully saturated rings. The minimum Gasteiger partial charge on any atom is -0.372 e. The van der Waals surface area contributed by atoms with Gasteiger partial charge >= 0.3 is 0 Å². The third kappa shape index (κ3) is 7.04. The lowest BCUT2D eigenvalue weighted by Gasteiger charge is -2.32. The molecule has 1 aromatic rings. The Morgan fingerprint density at radius 2 is 1.77 bits per heavy atom. The van der Waals surface area contributed by atoms with Gasteiger partial charge in [0.05, 0.1) is 0 Å². The number of nitrogens with one attached hydrogen (secondary N) is 2. The summed E-state index contributed by atoms with van der Waals surface area (Å²) in [6.45, 7) is 5.97. The van der Waals surface area contributed by atoms with Crippen LogP contribution in [0.3, 0.4) is 0 Å². The highest BCUT2D eigenvalue weighted by molar-refractivity contribution is 6.03. The predicted octanol–water partition coefficient (Wildman–Crippen LogP) is 2.32. The number of anilines is 2. The van der Waals surface area contributed by atoms with Gasteiger partial charge in [0, 0.05) is 31.0 Å². The summed E-state index contributed by atoms with van der Waals surface area (Å²) in [5.74, 6) is 0.286. The molecular weight excluding hydrogens is 328 g/mol. The van der Waals surface area contributed by atoms with Crippen molar-refractivity contribution >= 4 is 23.2 Å². The summed E-state index contributed by atoms with van der Waals surface area (Å²) >= 11 is 0. The molecule has 1 aliphatic heterocycles. The van der Waals surface area contributed by atoms with Crippen molar-refractivity contribution in [3.8, 4) is 0 Å². The summed E-state index contributed by atoms with van der Waals surface area (Å²) in [5.41, 5.74) is 1.91. The number of benzene rings is 1. The molecule has 0 spiro atoms. The maximum Gasteiger partial charge on any atom is 0.233 e. The van der Waals surface area contributed by atoms with Crippen LogP contribution in [0.1, 0.15) is 32.6 Å². The van der Waals surface area contributed by atoms with E-state index in [1.807, 2.05) is 38.4 Å². The van der Waals surface area contributed by atoms with Crippen molar-refractivity contribution < 1.29 is 9.59 Å². The second-order valence-corrected chi connectivity index (χ2v) is 7.45. The van der Waals surface area contributed by atoms with Crippen molar-refractivity contribution in [2.45, 2.75) is 32.6 Å². The molecule has 0 radical (unpaired) electrons. The number of hydrogen-bond acceptors (Lipinski definition) is 4. The molecular formula is C20H32N4O2. The Kier molecular flexibility index (Phi) is 7.91. The van der Waals surface area contributed by atoms with Gasteiger partial charge in [0.25, 0.3) is 0 Å². The SMILES string of the molecule is CC1CCN(c2ccc(NC(=O)CC(=O)NCCCN(C)C)cc2)CC1. The van der Waals surface area contributed by atoms with Crippen LogP contribution in [0.5, 0.6) is 0 Å². The first-order chi connectivity index (χ1) is 12.4. The maximum absolute atomic E-state index is 12.0. The van der Waals surface area contributed by atoms with Gasteiger partial charge in [0.1, 0.15) is 6.42 Å². The number of carbonyl (C=O) groups excluding carboxylic acids is 2. The molecule has 6 nitrogen and oxygen atoms in total. The van der Waals surface area contributed by atoms with E-state index < -0.39 is 0 Å². The summed E-state index contributed by atoms with van der Waals surface area (Å²) in [6, 6.07) is 7.88. The average Bonchev–Trinajstić information content (AvgIpc) is 2.60. The van der Waals surface area contributed by atoms with Gasteiger partial charge in [0.2, 0.25) is 11.8 Å². The lowest BCUT2D eigenvalue weighted by molar-refractivity contribution is -0.126. The van der Waals surface area contributed by atoms with Gasteiger partial charge in [-0.2, -0.15) is 0 Å². The molecule has 0 bridgehead atoms. The number of rotatable bonds is 8. The minimum absolute atomic E-state index is 0.145. The molecule has 1 heterocycles. The summed E-state index contributed by atoms with van der Waals surface area (Å²) in [5, 5.41) is 5.57. The van der Waals surface area contributed by atoms with Crippen LogP contribution in [-0.4, -0.2) is 57.0 Å². The van der Waals surface area contributed by atoms with Crippen molar-refractivity contribution in [3.63, 3.8) is 0 Å². The van der Waals surface area contributed by atoms with Crippen LogP contribution in [0.2, 0.25) is 0 Å². The number of piperidine rings is 1. The first-order valence-corrected chi connectivity index (χ1v) is 9.50. The number of amides is 2. The molecule has 6 heteroatoms. The highest BCUT2D eigenvalue weighted by Crippen LogP contribution is 2.24. The number of hydrogen-bond donors (Lipinski definition) is 2. The zero-order chi connectivity index (χ0) is 18.9. The van der Waals surface area contributed by atoms with Gasteiger partial charge in [-0.05, 0) is 70.1 Å². The Hall–Kier alpha value is -2.08. The Labute approximate surface area is 156 Å². The van der Waals surface area contributed by atoms with Gasteiger partial charge in [0.15, 0.2) is 0 Å². The van der Waals surface area contributed by atoms with Crippen LogP contribution in [0.25, 0.3) is 0 Å². The third-order valence-corrected chi connectivity index (χ3v) is 4.73. The van der Waals surface area contributed by atoms with Crippen LogP contribution < -0.4 is 15.5 Å². The van der Waals surface area contributed by atoms with E-state index in [0.29, 0.717) is 6.54 Å². The van der Waals surface area contributed by atoms with E-state index in [-0.39, 0.29) is 18.2 Å². The topological polar surface area (TPSA) is 64.7 Å². The molecule has 2 amide bonds. The van der Waals surface area contributed by atoms with Crippen molar-refractivity contribution in [1.29, 1.82) is 0 Å². The van der Waals surface area contributed by atoms with E-state index in [9.17, 15) is 9.59 Å². The number of nitrogens with zero attached hydrogens (tertiary/aromatic N) is 2. The second-order valence-electron chi connectivity index (χ2n) is 7.45. The summed E-state index contributed by atoms with van der Waals surface area (Å²) < 4.78 is 0. The molecule has 1 saturated heterocycles. The quantitative estimate of drug-likeness (QED) is 0.552. The fourth-order valence-electron chi connectivity index (χ4n) is 3.06. The smallest absolute Gasteiger partial charge is 0.233 e. The fraction of sp³-hybridized carbons (Fsp3) is 0.600. The first-order valence-electron chi connectivity index (χ1n) is 9.50. The second kappa shape index (κ2) is 10.2. The van der Waals surface area contributed by atoms with Crippen LogP contribution in [0.4, 0.5) is 11.4 Å². The molecule has 1 aliphatic rings. The van der Waals surface area contributed by atoms with E-state index in [1.165, 1.54) is 18.5 Å². The lowest BCUT2D eigenvalue weighted by Crippen LogP contribution is -2.32. The average molecular weight is 361 g/mol. The van der Waals surface area contributed by atoms with Crippen molar-refractivity contribution in [1.82, 2.24) is 10.2 Å². The minimum atomic E-state index is -0.283.